The van der Waals surface area contributed by atoms with Crippen LogP contribution in [0.1, 0.15) is 217 Å². The van der Waals surface area contributed by atoms with E-state index in [-0.39, 0.29) is 134 Å². The second-order valence-corrected chi connectivity index (χ2v) is 35.5. The van der Waals surface area contributed by atoms with E-state index in [2.05, 4.69) is 115 Å². The lowest BCUT2D eigenvalue weighted by Crippen LogP contribution is -2.62. The molecule has 140 heavy (non-hydrogen) atoms. The number of carbonyl (C=O) groups excluding carboxylic acids is 16. The molecule has 3 aromatic heterocycles. The lowest BCUT2D eigenvalue weighted by Gasteiger charge is -2.31. The van der Waals surface area contributed by atoms with Crippen LogP contribution in [0.3, 0.4) is 0 Å². The van der Waals surface area contributed by atoms with Crippen LogP contribution in [0.25, 0.3) is 10.9 Å². The molecule has 772 valence electrons. The number of aryl methyl sites for hydroxylation is 1. The van der Waals surface area contributed by atoms with Gasteiger partial charge in [0.15, 0.2) is 5.96 Å². The molecule has 27 N–H and O–H groups in total. The van der Waals surface area contributed by atoms with E-state index < -0.39 is 220 Å². The van der Waals surface area contributed by atoms with Crippen LogP contribution in [-0.2, 0) is 112 Å². The predicted molar refractivity (Wildman–Crippen MR) is 513 cm³/mol. The molecule has 5 aromatic rings. The number of ether oxygens (including phenoxy) is 2. The van der Waals surface area contributed by atoms with Crippen molar-refractivity contribution in [1.82, 2.24) is 120 Å². The van der Waals surface area contributed by atoms with Gasteiger partial charge in [-0.05, 0) is 91.8 Å². The summed E-state index contributed by atoms with van der Waals surface area (Å²) < 4.78 is 10.9. The number of hydrogen-bond donors (Lipinski definition) is 24. The van der Waals surface area contributed by atoms with E-state index in [0.29, 0.717) is 24.0 Å². The Labute approximate surface area is 813 Å². The molecular weight excluding hydrogens is 1820 g/mol. The van der Waals surface area contributed by atoms with Crippen molar-refractivity contribution in [3.8, 4) is 0 Å². The van der Waals surface area contributed by atoms with Crippen LogP contribution < -0.4 is 97.0 Å². The van der Waals surface area contributed by atoms with Crippen molar-refractivity contribution in [3.63, 3.8) is 0 Å². The highest BCUT2D eigenvalue weighted by Crippen LogP contribution is 2.24. The Morgan fingerprint density at radius 3 is 1.91 bits per heavy atom. The number of para-hydroxylation sites is 1. The summed E-state index contributed by atoms with van der Waals surface area (Å²) in [5.41, 5.74) is 19.1. The number of unbranched alkanes of at least 4 members (excludes halogenated alkanes) is 13. The van der Waals surface area contributed by atoms with Crippen molar-refractivity contribution in [1.29, 1.82) is 5.41 Å². The van der Waals surface area contributed by atoms with Crippen molar-refractivity contribution in [2.75, 3.05) is 72.3 Å². The molecule has 2 aliphatic rings. The van der Waals surface area contributed by atoms with E-state index in [1.165, 1.54) is 63.9 Å². The smallest absolute Gasteiger partial charge is 0.246 e. The highest BCUT2D eigenvalue weighted by molar-refractivity contribution is 6.01. The van der Waals surface area contributed by atoms with Gasteiger partial charge in [-0.25, -0.2) is 10.1 Å². The number of tetrazole rings is 1. The summed E-state index contributed by atoms with van der Waals surface area (Å²) in [6.45, 7) is 2.82. The minimum atomic E-state index is -1.76. The Balaban J connectivity index is 0.975. The Bertz CT molecular complexity index is 4740. The minimum Gasteiger partial charge on any atom is -0.394 e. The summed E-state index contributed by atoms with van der Waals surface area (Å²) >= 11 is 0. The highest BCUT2D eigenvalue weighted by atomic mass is 16.5. The van der Waals surface area contributed by atoms with Gasteiger partial charge in [-0.1, -0.05) is 153 Å². The van der Waals surface area contributed by atoms with Gasteiger partial charge < -0.3 is 132 Å². The number of nitrogens with one attached hydrogen (secondary N) is 19. The predicted octanol–water partition coefficient (Wildman–Crippen LogP) is -2.51. The minimum absolute atomic E-state index is 0.00953. The third-order valence-electron chi connectivity index (χ3n) is 23.7. The molecule has 0 unspecified atom stereocenters. The van der Waals surface area contributed by atoms with Crippen LogP contribution in [0.15, 0.2) is 73.3 Å². The molecule has 2 aromatic carbocycles. The molecule has 7 rings (SSSR count). The molecule has 2 aliphatic heterocycles. The molecule has 0 radical (unpaired) electrons. The first-order chi connectivity index (χ1) is 67.4. The van der Waals surface area contributed by atoms with Gasteiger partial charge in [0.25, 0.3) is 0 Å². The molecule has 47 nitrogen and oxygen atoms in total. The maximum Gasteiger partial charge on any atom is 0.246 e. The van der Waals surface area contributed by atoms with Crippen molar-refractivity contribution < 1.29 is 96.4 Å². The summed E-state index contributed by atoms with van der Waals surface area (Å²) in [5.74, 6) is -13.5. The van der Waals surface area contributed by atoms with E-state index in [1.807, 2.05) is 12.1 Å². The average molecular weight is 1960 g/mol. The molecule has 0 spiro atoms. The number of fused-ring (bicyclic) bond motifs is 2. The van der Waals surface area contributed by atoms with Crippen LogP contribution in [0, 0.1) is 5.41 Å². The Morgan fingerprint density at radius 2 is 1.24 bits per heavy atom. The van der Waals surface area contributed by atoms with Gasteiger partial charge in [0.05, 0.1) is 51.1 Å². The third kappa shape index (κ3) is 43.1. The van der Waals surface area contributed by atoms with Gasteiger partial charge in [-0.2, -0.15) is 0 Å². The number of benzene rings is 2. The van der Waals surface area contributed by atoms with Gasteiger partial charge in [0.2, 0.25) is 94.5 Å². The van der Waals surface area contributed by atoms with Crippen molar-refractivity contribution in [2.45, 2.75) is 298 Å². The van der Waals surface area contributed by atoms with Crippen molar-refractivity contribution >= 4 is 111 Å². The molecule has 0 saturated carbocycles. The second-order valence-electron chi connectivity index (χ2n) is 35.5. The lowest BCUT2D eigenvalue weighted by atomic mass is 10.0. The number of aromatic amines is 3. The summed E-state index contributed by atoms with van der Waals surface area (Å²) in [6.07, 6.45) is 17.1. The largest absolute Gasteiger partial charge is 0.394 e. The zero-order valence-electron chi connectivity index (χ0n) is 80.3. The lowest BCUT2D eigenvalue weighted by molar-refractivity contribution is -0.143. The fourth-order valence-corrected chi connectivity index (χ4v) is 16.0. The number of amides is 16. The van der Waals surface area contributed by atoms with Crippen LogP contribution >= 0.6 is 0 Å². The molecule has 16 amide bonds. The fourth-order valence-electron chi connectivity index (χ4n) is 16.0. The number of imidazole rings is 1. The number of aliphatic hydroxyl groups is 2. The van der Waals surface area contributed by atoms with E-state index in [1.54, 1.807) is 69.4 Å². The summed E-state index contributed by atoms with van der Waals surface area (Å²) in [4.78, 5) is 237. The SMILES string of the molecule is CCCC[C@H](NC(=O)[C@@H](CNC(C)C)NC(=O)[C@H](Cc1c[nH]cn1)NC(=O)[C@H](CCC(N)=O)NC(=O)[C@H](CO)NC(=O)CNC(=O)COCCOCCNC(=O)CCCCCCCCCCCCCCCc1nnn[nH]1)C(=O)N[C@H]1CCC(=O)NCCCC[C@@H](C(N)=O)NC(=O)[C@H](Cc2c[nH]c3ccccc23)NC(=O)[C@H](CCCNC(=N)N)NC(=O)[C@@H](Cc2ccccc2)NC(=O)[C@@H]2C[C@@H](O)CN2C1=O. The van der Waals surface area contributed by atoms with E-state index in [4.69, 9.17) is 32.1 Å². The number of guanidine groups is 1. The van der Waals surface area contributed by atoms with E-state index in [0.717, 1.165) is 60.2 Å². The molecule has 0 aliphatic carbocycles. The first kappa shape index (κ1) is 114. The molecule has 2 saturated heterocycles. The number of nitrogens with two attached hydrogens (primary N) is 3. The zero-order chi connectivity index (χ0) is 102. The Hall–Kier alpha value is -13.2. The number of rotatable bonds is 58. The average Bonchev–Trinajstić information content (AvgIpc) is 1.64. The monoisotopic (exact) mass is 1960 g/mol. The van der Waals surface area contributed by atoms with Gasteiger partial charge in [0.1, 0.15) is 78.9 Å². The number of nitrogens with zero attached hydrogens (tertiary/aromatic N) is 5. The van der Waals surface area contributed by atoms with Gasteiger partial charge >= 0.3 is 0 Å². The van der Waals surface area contributed by atoms with Crippen LogP contribution in [0.4, 0.5) is 0 Å². The number of hydrogen-bond acceptors (Lipinski definition) is 26. The van der Waals surface area contributed by atoms with Crippen molar-refractivity contribution in [3.05, 3.63) is 96.0 Å². The van der Waals surface area contributed by atoms with Crippen LogP contribution in [0.5, 0.6) is 0 Å². The molecule has 5 heterocycles. The molecular formula is C93H145N27O20. The number of aromatic nitrogens is 7. The van der Waals surface area contributed by atoms with Gasteiger partial charge in [-0.15, -0.1) is 5.10 Å². The molecule has 47 heteroatoms. The number of aliphatic hydroxyl groups excluding tert-OH is 2. The summed E-state index contributed by atoms with van der Waals surface area (Å²) in [5, 5.41) is 84.1. The fraction of sp³-hybridized carbons (Fsp3) is 0.624. The van der Waals surface area contributed by atoms with Gasteiger partial charge in [-0.3, -0.25) is 82.1 Å². The standard InChI is InChI=1S/C93H145N27O20/c1-4-5-30-66(83(129)111-69-37-39-79(125)99-40-25-24-32-65(82(95)128)107-87(133)71(47-60-50-103-64-31-23-22-29-63(60)64)112-84(130)67(33-26-41-101-93(96)97)108-86(132)70(46-59-27-18-17-19-28-59)114-91(137)75-49-62(122)54-120(75)92(69)138)109-89(135)73(52-102-58(2)3)115-88(134)72(48-61-51-98-57-105-61)113-85(131)68(36-38-76(94)123)110-90(136)74(55-121)106-80(126)53-104-81(127)56-140-45-44-139-43-42-100-78(124)35-21-16-14-12-10-8-6-7-9-11-13-15-20-34-77-116-118-119-117-77/h17-19,22-23,27-29,31,50-51,57-58,62,65-75,102-103,121-122H,4-16,20-21,24-26,30,32-49,52-56H2,1-3H3,(H2,94,123)(H2,95,128)(H,98,105)(H,99,125)(H,100,124)(H,104,127)(H,106,126)(H,107,133)(H,108,132)(H,109,135)(H,110,136)(H,111,129)(H,112,130)(H,113,131)(H,114,137)(H,115,134)(H4,96,97,101)(H,116,117,118,119)/t62-,65+,66+,67+,68+,69+,70-,71+,72+,73-,74+,75+/m1/s1. The second kappa shape index (κ2) is 63.4. The zero-order valence-corrected chi connectivity index (χ0v) is 80.3. The van der Waals surface area contributed by atoms with Gasteiger partial charge in [0, 0.05) is 113 Å². The quantitative estimate of drug-likeness (QED) is 0.0109. The van der Waals surface area contributed by atoms with E-state index >= 15 is 19.2 Å². The topological polar surface area (TPSA) is 717 Å². The molecule has 2 fully saturated rings. The number of H-pyrrole nitrogens is 3. The van der Waals surface area contributed by atoms with E-state index in [9.17, 15) is 67.7 Å². The maximum atomic E-state index is 15.4. The molecule has 12 atom stereocenters. The summed E-state index contributed by atoms with van der Waals surface area (Å²) in [7, 11) is 0. The first-order valence-corrected chi connectivity index (χ1v) is 48.6. The van der Waals surface area contributed by atoms with Crippen LogP contribution in [-0.4, -0.2) is 302 Å². The highest BCUT2D eigenvalue weighted by Gasteiger charge is 2.44. The normalized spacial score (nSPS) is 18.6. The van der Waals surface area contributed by atoms with Crippen LogP contribution in [0.2, 0.25) is 0 Å². The number of carbonyl (C=O) groups is 16. The maximum absolute atomic E-state index is 15.4. The summed E-state index contributed by atoms with van der Waals surface area (Å²) in [6, 6.07) is -1.89. The molecule has 0 bridgehead atoms. The Morgan fingerprint density at radius 1 is 0.607 bits per heavy atom. The first-order valence-electron chi connectivity index (χ1n) is 48.6. The van der Waals surface area contributed by atoms with Crippen molar-refractivity contribution in [2.24, 2.45) is 17.2 Å². The third-order valence-corrected chi connectivity index (χ3v) is 23.7. The number of primary amides is 2. The Kier molecular flexibility index (Phi) is 51.6.